The highest BCUT2D eigenvalue weighted by Gasteiger charge is 2.27. The normalized spacial score (nSPS) is 13.6. The van der Waals surface area contributed by atoms with E-state index in [0.717, 1.165) is 36.7 Å². The predicted octanol–water partition coefficient (Wildman–Crippen LogP) is 4.09. The molecule has 1 fully saturated rings. The number of rotatable bonds is 11. The molecule has 3 aromatic rings. The first-order valence-electron chi connectivity index (χ1n) is 13.0. The van der Waals surface area contributed by atoms with Crippen molar-refractivity contribution in [3.8, 4) is 11.5 Å². The van der Waals surface area contributed by atoms with Crippen molar-refractivity contribution in [2.24, 2.45) is 5.10 Å². The summed E-state index contributed by atoms with van der Waals surface area (Å²) in [5.41, 5.74) is 3.30. The zero-order valence-electron chi connectivity index (χ0n) is 22.5. The second-order valence-corrected chi connectivity index (χ2v) is 11.6. The van der Waals surface area contributed by atoms with Crippen LogP contribution in [0.2, 0.25) is 5.02 Å². The fourth-order valence-corrected chi connectivity index (χ4v) is 5.72. The van der Waals surface area contributed by atoms with E-state index in [9.17, 15) is 18.0 Å². The quantitative estimate of drug-likeness (QED) is 0.262. The lowest BCUT2D eigenvalue weighted by Crippen LogP contribution is -2.39. The predicted molar refractivity (Wildman–Crippen MR) is 157 cm³/mol. The van der Waals surface area contributed by atoms with Gasteiger partial charge in [0.05, 0.1) is 23.9 Å². The third-order valence-electron chi connectivity index (χ3n) is 6.40. The van der Waals surface area contributed by atoms with Gasteiger partial charge in [-0.1, -0.05) is 11.6 Å². The molecule has 0 aliphatic carbocycles. The van der Waals surface area contributed by atoms with Gasteiger partial charge in [0, 0.05) is 18.1 Å². The van der Waals surface area contributed by atoms with Crippen molar-refractivity contribution in [3.05, 3.63) is 83.4 Å². The minimum Gasteiger partial charge on any atom is -0.497 e. The van der Waals surface area contributed by atoms with Gasteiger partial charge in [-0.15, -0.1) is 0 Å². The Hall–Kier alpha value is -4.09. The standard InChI is InChI=1S/C29H31ClN4O6S/c1-39-25-13-15-27(16-14-25)41(37,38)34(24-9-7-23(30)8-10-24)20-28(35)32-31-19-22-5-11-26(12-6-22)40-21-29(36)33-17-3-2-4-18-33/h5-16,19H,2-4,17-18,20-21H2,1H3,(H,32,35)/b31-19+. The van der Waals surface area contributed by atoms with Crippen molar-refractivity contribution in [2.45, 2.75) is 24.2 Å². The van der Waals surface area contributed by atoms with E-state index in [-0.39, 0.29) is 23.1 Å². The first-order valence-corrected chi connectivity index (χ1v) is 14.8. The molecule has 41 heavy (non-hydrogen) atoms. The molecule has 216 valence electrons. The van der Waals surface area contributed by atoms with E-state index in [1.54, 1.807) is 36.4 Å². The third kappa shape index (κ3) is 8.21. The van der Waals surface area contributed by atoms with Crippen LogP contribution < -0.4 is 19.2 Å². The fourth-order valence-electron chi connectivity index (χ4n) is 4.17. The minimum absolute atomic E-state index is 0.00973. The van der Waals surface area contributed by atoms with Crippen LogP contribution in [0.1, 0.15) is 24.8 Å². The molecule has 10 nitrogen and oxygen atoms in total. The zero-order chi connectivity index (χ0) is 29.2. The number of nitrogens with one attached hydrogen (secondary N) is 1. The molecular formula is C29H31ClN4O6S. The molecule has 0 bridgehead atoms. The fraction of sp³-hybridized carbons (Fsp3) is 0.276. The van der Waals surface area contributed by atoms with Gasteiger partial charge in [-0.05, 0) is 97.6 Å². The maximum atomic E-state index is 13.5. The molecule has 1 aliphatic rings. The van der Waals surface area contributed by atoms with Gasteiger partial charge in [-0.2, -0.15) is 5.10 Å². The molecule has 0 unspecified atom stereocenters. The Balaban J connectivity index is 1.37. The second kappa shape index (κ2) is 14.0. The Labute approximate surface area is 244 Å². The summed E-state index contributed by atoms with van der Waals surface area (Å²) in [5.74, 6) is 0.364. The lowest BCUT2D eigenvalue weighted by Gasteiger charge is -2.26. The van der Waals surface area contributed by atoms with Crippen LogP contribution in [-0.2, 0) is 19.6 Å². The monoisotopic (exact) mass is 598 g/mol. The number of likely N-dealkylation sites (tertiary alicyclic amines) is 1. The van der Waals surface area contributed by atoms with Crippen LogP contribution in [0.25, 0.3) is 0 Å². The number of nitrogens with zero attached hydrogens (tertiary/aromatic N) is 3. The van der Waals surface area contributed by atoms with Crippen LogP contribution >= 0.6 is 11.6 Å². The van der Waals surface area contributed by atoms with Crippen LogP contribution in [0.15, 0.2) is 82.8 Å². The maximum Gasteiger partial charge on any atom is 0.264 e. The third-order valence-corrected chi connectivity index (χ3v) is 8.44. The molecular weight excluding hydrogens is 568 g/mol. The molecule has 2 amide bonds. The summed E-state index contributed by atoms with van der Waals surface area (Å²) in [4.78, 5) is 26.9. The van der Waals surface area contributed by atoms with Gasteiger partial charge < -0.3 is 14.4 Å². The molecule has 0 aromatic heterocycles. The topological polar surface area (TPSA) is 118 Å². The van der Waals surface area contributed by atoms with E-state index in [0.29, 0.717) is 22.1 Å². The van der Waals surface area contributed by atoms with E-state index < -0.39 is 22.5 Å². The van der Waals surface area contributed by atoms with E-state index >= 15 is 0 Å². The van der Waals surface area contributed by atoms with Crippen molar-refractivity contribution in [2.75, 3.05) is 37.7 Å². The Kier molecular flexibility index (Phi) is 10.2. The van der Waals surface area contributed by atoms with Gasteiger partial charge in [0.15, 0.2) is 6.61 Å². The summed E-state index contributed by atoms with van der Waals surface area (Å²) >= 11 is 5.98. The average Bonchev–Trinajstić information content (AvgIpc) is 3.00. The number of ether oxygens (including phenoxy) is 2. The summed E-state index contributed by atoms with van der Waals surface area (Å²) in [6.07, 6.45) is 4.62. The number of methoxy groups -OCH3 is 1. The Morgan fingerprint density at radius 1 is 0.951 bits per heavy atom. The van der Waals surface area contributed by atoms with Crippen LogP contribution in [-0.4, -0.2) is 64.7 Å². The highest BCUT2D eigenvalue weighted by atomic mass is 35.5. The van der Waals surface area contributed by atoms with Crippen molar-refractivity contribution in [1.29, 1.82) is 0 Å². The molecule has 0 saturated carbocycles. The molecule has 1 saturated heterocycles. The zero-order valence-corrected chi connectivity index (χ0v) is 24.1. The number of sulfonamides is 1. The first-order chi connectivity index (χ1) is 19.8. The lowest BCUT2D eigenvalue weighted by atomic mass is 10.1. The summed E-state index contributed by atoms with van der Waals surface area (Å²) < 4.78 is 38.6. The number of hydrogen-bond acceptors (Lipinski definition) is 7. The number of carbonyl (C=O) groups excluding carboxylic acids is 2. The van der Waals surface area contributed by atoms with E-state index in [1.807, 2.05) is 4.90 Å². The number of carbonyl (C=O) groups is 2. The Morgan fingerprint density at radius 3 is 2.22 bits per heavy atom. The van der Waals surface area contributed by atoms with Crippen LogP contribution in [0, 0.1) is 0 Å². The number of hydrogen-bond donors (Lipinski definition) is 1. The van der Waals surface area contributed by atoms with E-state index in [4.69, 9.17) is 21.1 Å². The van der Waals surface area contributed by atoms with Crippen molar-refractivity contribution in [1.82, 2.24) is 10.3 Å². The molecule has 0 radical (unpaired) electrons. The summed E-state index contributed by atoms with van der Waals surface area (Å²) in [5, 5.41) is 4.39. The molecule has 12 heteroatoms. The second-order valence-electron chi connectivity index (χ2n) is 9.26. The number of hydrazone groups is 1. The van der Waals surface area contributed by atoms with Crippen molar-refractivity contribution in [3.63, 3.8) is 0 Å². The molecule has 3 aromatic carbocycles. The first kappa shape index (κ1) is 29.9. The molecule has 0 spiro atoms. The molecule has 4 rings (SSSR count). The number of amides is 2. The number of halogens is 1. The summed E-state index contributed by atoms with van der Waals surface area (Å²) in [7, 11) is -2.62. The summed E-state index contributed by atoms with van der Waals surface area (Å²) in [6, 6.07) is 18.9. The van der Waals surface area contributed by atoms with Crippen molar-refractivity contribution >= 4 is 45.3 Å². The number of benzene rings is 3. The van der Waals surface area contributed by atoms with E-state index in [2.05, 4.69) is 10.5 Å². The molecule has 1 N–H and O–H groups in total. The largest absolute Gasteiger partial charge is 0.497 e. The number of piperidine rings is 1. The van der Waals surface area contributed by atoms with Gasteiger partial charge in [0.2, 0.25) is 0 Å². The Bertz CT molecular complexity index is 1460. The van der Waals surface area contributed by atoms with Gasteiger partial charge in [0.25, 0.3) is 21.8 Å². The van der Waals surface area contributed by atoms with Gasteiger partial charge in [-0.25, -0.2) is 13.8 Å². The lowest BCUT2D eigenvalue weighted by molar-refractivity contribution is -0.134. The Morgan fingerprint density at radius 2 is 1.59 bits per heavy atom. The van der Waals surface area contributed by atoms with Crippen LogP contribution in [0.4, 0.5) is 5.69 Å². The average molecular weight is 599 g/mol. The van der Waals surface area contributed by atoms with Gasteiger partial charge in [0.1, 0.15) is 18.0 Å². The summed E-state index contributed by atoms with van der Waals surface area (Å²) in [6.45, 7) is 1.00. The van der Waals surface area contributed by atoms with Crippen LogP contribution in [0.5, 0.6) is 11.5 Å². The van der Waals surface area contributed by atoms with Crippen LogP contribution in [0.3, 0.4) is 0 Å². The number of anilines is 1. The molecule has 1 aliphatic heterocycles. The SMILES string of the molecule is COc1ccc(S(=O)(=O)N(CC(=O)N/N=C/c2ccc(OCC(=O)N3CCCCC3)cc2)c2ccc(Cl)cc2)cc1. The van der Waals surface area contributed by atoms with Gasteiger partial charge in [-0.3, -0.25) is 13.9 Å². The molecule has 0 atom stereocenters. The molecule has 1 heterocycles. The minimum atomic E-state index is -4.11. The van der Waals surface area contributed by atoms with Crippen molar-refractivity contribution < 1.29 is 27.5 Å². The van der Waals surface area contributed by atoms with Gasteiger partial charge >= 0.3 is 0 Å². The highest BCUT2D eigenvalue weighted by molar-refractivity contribution is 7.92. The van der Waals surface area contributed by atoms with E-state index in [1.165, 1.54) is 49.7 Å². The highest BCUT2D eigenvalue weighted by Crippen LogP contribution is 2.26. The smallest absolute Gasteiger partial charge is 0.264 e. The maximum absolute atomic E-state index is 13.5.